The highest BCUT2D eigenvalue weighted by Gasteiger charge is 2.33. The second-order valence-corrected chi connectivity index (χ2v) is 4.05. The molecular formula is C11H9BrF3NO2. The second-order valence-electron chi connectivity index (χ2n) is 3.19. The summed E-state index contributed by atoms with van der Waals surface area (Å²) in [6, 6.07) is 3.66. The number of methoxy groups -OCH3 is 1. The molecule has 0 amide bonds. The standard InChI is InChI=1S/C11H9BrF3NO2/c1-18-10(17)4-5-16-7-2-3-9(12)8(6-7)11(13,14)15/h2-6,16H,1H3/b5-4+. The van der Waals surface area contributed by atoms with Gasteiger partial charge in [-0.2, -0.15) is 13.2 Å². The summed E-state index contributed by atoms with van der Waals surface area (Å²) >= 11 is 2.83. The molecule has 0 aromatic heterocycles. The van der Waals surface area contributed by atoms with E-state index in [1.165, 1.54) is 25.4 Å². The Morgan fingerprint density at radius 2 is 2.11 bits per heavy atom. The molecule has 0 saturated heterocycles. The van der Waals surface area contributed by atoms with Gasteiger partial charge in [-0.25, -0.2) is 4.79 Å². The highest BCUT2D eigenvalue weighted by Crippen LogP contribution is 2.36. The molecule has 1 rings (SSSR count). The average molecular weight is 324 g/mol. The lowest BCUT2D eigenvalue weighted by Crippen LogP contribution is -2.06. The van der Waals surface area contributed by atoms with Crippen molar-refractivity contribution < 1.29 is 22.7 Å². The first-order valence-corrected chi connectivity index (χ1v) is 5.51. The predicted octanol–water partition coefficient (Wildman–Crippen LogP) is 3.57. The van der Waals surface area contributed by atoms with Crippen molar-refractivity contribution in [3.63, 3.8) is 0 Å². The zero-order valence-electron chi connectivity index (χ0n) is 9.22. The molecule has 18 heavy (non-hydrogen) atoms. The minimum atomic E-state index is -4.44. The first-order valence-electron chi connectivity index (χ1n) is 4.72. The molecule has 0 unspecified atom stereocenters. The van der Waals surface area contributed by atoms with Crippen LogP contribution in [-0.2, 0) is 15.7 Å². The topological polar surface area (TPSA) is 38.3 Å². The van der Waals surface area contributed by atoms with E-state index in [1.807, 2.05) is 0 Å². The lowest BCUT2D eigenvalue weighted by molar-refractivity contribution is -0.138. The number of anilines is 1. The van der Waals surface area contributed by atoms with Crippen molar-refractivity contribution in [1.29, 1.82) is 0 Å². The molecular weight excluding hydrogens is 315 g/mol. The van der Waals surface area contributed by atoms with Crippen molar-refractivity contribution in [2.45, 2.75) is 6.18 Å². The van der Waals surface area contributed by atoms with Crippen LogP contribution in [-0.4, -0.2) is 13.1 Å². The Hall–Kier alpha value is -1.50. The molecule has 0 fully saturated rings. The smallest absolute Gasteiger partial charge is 0.417 e. The van der Waals surface area contributed by atoms with Gasteiger partial charge in [0.05, 0.1) is 12.7 Å². The number of rotatable bonds is 3. The van der Waals surface area contributed by atoms with Crippen LogP contribution in [0.2, 0.25) is 0 Å². The number of esters is 1. The van der Waals surface area contributed by atoms with Gasteiger partial charge in [0.1, 0.15) is 0 Å². The summed E-state index contributed by atoms with van der Waals surface area (Å²) in [5, 5.41) is 2.55. The van der Waals surface area contributed by atoms with Gasteiger partial charge in [-0.1, -0.05) is 15.9 Å². The van der Waals surface area contributed by atoms with Crippen LogP contribution >= 0.6 is 15.9 Å². The lowest BCUT2D eigenvalue weighted by Gasteiger charge is -2.10. The van der Waals surface area contributed by atoms with Crippen LogP contribution in [0.5, 0.6) is 0 Å². The monoisotopic (exact) mass is 323 g/mol. The van der Waals surface area contributed by atoms with Gasteiger partial charge < -0.3 is 10.1 Å². The van der Waals surface area contributed by atoms with Crippen molar-refractivity contribution in [1.82, 2.24) is 0 Å². The third-order valence-corrected chi connectivity index (χ3v) is 2.63. The molecule has 1 N–H and O–H groups in total. The fourth-order valence-corrected chi connectivity index (χ4v) is 1.58. The van der Waals surface area contributed by atoms with Gasteiger partial charge in [-0.3, -0.25) is 0 Å². The largest absolute Gasteiger partial charge is 0.466 e. The van der Waals surface area contributed by atoms with Gasteiger partial charge in [-0.15, -0.1) is 0 Å². The van der Waals surface area contributed by atoms with Gasteiger partial charge in [0.2, 0.25) is 0 Å². The van der Waals surface area contributed by atoms with E-state index in [9.17, 15) is 18.0 Å². The number of carbonyl (C=O) groups excluding carboxylic acids is 1. The minimum Gasteiger partial charge on any atom is -0.466 e. The molecule has 3 nitrogen and oxygen atoms in total. The molecule has 0 radical (unpaired) electrons. The molecule has 0 aliphatic carbocycles. The maximum Gasteiger partial charge on any atom is 0.417 e. The Morgan fingerprint density at radius 1 is 1.44 bits per heavy atom. The number of alkyl halides is 3. The number of hydrogen-bond acceptors (Lipinski definition) is 3. The fourth-order valence-electron chi connectivity index (χ4n) is 1.11. The summed E-state index contributed by atoms with van der Waals surface area (Å²) in [4.78, 5) is 10.7. The average Bonchev–Trinajstić information content (AvgIpc) is 2.29. The molecule has 7 heteroatoms. The number of benzene rings is 1. The minimum absolute atomic E-state index is 0.0440. The lowest BCUT2D eigenvalue weighted by atomic mass is 10.2. The molecule has 0 saturated carbocycles. The first kappa shape index (κ1) is 14.6. The van der Waals surface area contributed by atoms with Crippen LogP contribution in [0.1, 0.15) is 5.56 Å². The molecule has 0 atom stereocenters. The highest BCUT2D eigenvalue weighted by atomic mass is 79.9. The van der Waals surface area contributed by atoms with Crippen molar-refractivity contribution in [3.05, 3.63) is 40.5 Å². The SMILES string of the molecule is COC(=O)/C=C/Nc1ccc(Br)c(C(F)(F)F)c1. The summed E-state index contributed by atoms with van der Waals surface area (Å²) < 4.78 is 42.0. The van der Waals surface area contributed by atoms with Gasteiger partial charge in [0.25, 0.3) is 0 Å². The zero-order valence-corrected chi connectivity index (χ0v) is 10.8. The summed E-state index contributed by atoms with van der Waals surface area (Å²) in [7, 11) is 1.20. The summed E-state index contributed by atoms with van der Waals surface area (Å²) in [5.74, 6) is -0.601. The third kappa shape index (κ3) is 4.06. The molecule has 0 spiro atoms. The van der Waals surface area contributed by atoms with E-state index in [2.05, 4.69) is 26.0 Å². The van der Waals surface area contributed by atoms with E-state index in [1.54, 1.807) is 0 Å². The van der Waals surface area contributed by atoms with Gasteiger partial charge in [-0.05, 0) is 18.2 Å². The van der Waals surface area contributed by atoms with Gasteiger partial charge >= 0.3 is 12.1 Å². The van der Waals surface area contributed by atoms with Gasteiger partial charge in [0.15, 0.2) is 0 Å². The van der Waals surface area contributed by atoms with Crippen LogP contribution < -0.4 is 5.32 Å². The summed E-state index contributed by atoms with van der Waals surface area (Å²) in [6.45, 7) is 0. The normalized spacial score (nSPS) is 11.6. The second kappa shape index (κ2) is 5.90. The van der Waals surface area contributed by atoms with Crippen molar-refractivity contribution >= 4 is 27.6 Å². The summed E-state index contributed by atoms with van der Waals surface area (Å²) in [6.07, 6.45) is -2.17. The van der Waals surface area contributed by atoms with Crippen LogP contribution in [0, 0.1) is 0 Å². The van der Waals surface area contributed by atoms with Gasteiger partial charge in [0, 0.05) is 22.4 Å². The van der Waals surface area contributed by atoms with Crippen molar-refractivity contribution in [2.24, 2.45) is 0 Å². The summed E-state index contributed by atoms with van der Waals surface area (Å²) in [5.41, 5.74) is -0.579. The maximum absolute atomic E-state index is 12.6. The Bertz CT molecular complexity index is 472. The molecule has 98 valence electrons. The molecule has 0 aliphatic rings. The number of nitrogens with one attached hydrogen (secondary N) is 1. The molecule has 0 heterocycles. The number of hydrogen-bond donors (Lipinski definition) is 1. The Labute approximate surface area is 110 Å². The van der Waals surface area contributed by atoms with Crippen molar-refractivity contribution in [3.8, 4) is 0 Å². The predicted molar refractivity (Wildman–Crippen MR) is 63.9 cm³/mol. The maximum atomic E-state index is 12.6. The molecule has 0 bridgehead atoms. The molecule has 1 aromatic carbocycles. The number of halogens is 4. The van der Waals surface area contributed by atoms with E-state index < -0.39 is 17.7 Å². The van der Waals surface area contributed by atoms with E-state index in [4.69, 9.17) is 0 Å². The highest BCUT2D eigenvalue weighted by molar-refractivity contribution is 9.10. The quantitative estimate of drug-likeness (QED) is 0.682. The van der Waals surface area contributed by atoms with Crippen molar-refractivity contribution in [2.75, 3.05) is 12.4 Å². The van der Waals surface area contributed by atoms with Crippen LogP contribution in [0.4, 0.5) is 18.9 Å². The number of ether oxygens (including phenoxy) is 1. The van der Waals surface area contributed by atoms with E-state index in [0.717, 1.165) is 12.1 Å². The van der Waals surface area contributed by atoms with E-state index in [-0.39, 0.29) is 10.2 Å². The third-order valence-electron chi connectivity index (χ3n) is 1.94. The Kier molecular flexibility index (Phi) is 4.77. The fraction of sp³-hybridized carbons (Fsp3) is 0.182. The van der Waals surface area contributed by atoms with Crippen LogP contribution in [0.25, 0.3) is 0 Å². The Morgan fingerprint density at radius 3 is 2.67 bits per heavy atom. The first-order chi connectivity index (χ1) is 8.34. The number of carbonyl (C=O) groups is 1. The van der Waals surface area contributed by atoms with E-state index in [0.29, 0.717) is 0 Å². The van der Waals surface area contributed by atoms with Crippen LogP contribution in [0.3, 0.4) is 0 Å². The Balaban J connectivity index is 2.86. The van der Waals surface area contributed by atoms with E-state index >= 15 is 0 Å². The molecule has 0 aliphatic heterocycles. The molecule has 1 aromatic rings. The van der Waals surface area contributed by atoms with Crippen LogP contribution in [0.15, 0.2) is 34.9 Å². The zero-order chi connectivity index (χ0) is 13.8.